The first-order valence-electron chi connectivity index (χ1n) is 6.95. The van der Waals surface area contributed by atoms with Crippen LogP contribution in [-0.4, -0.2) is 16.1 Å². The lowest BCUT2D eigenvalue weighted by Gasteiger charge is -2.33. The Hall–Kier alpha value is -1.13. The second kappa shape index (κ2) is 6.10. The topological polar surface area (TPSA) is 43.8 Å². The van der Waals surface area contributed by atoms with E-state index in [1.54, 1.807) is 0 Å². The minimum absolute atomic E-state index is 0.109. The first-order chi connectivity index (χ1) is 9.46. The summed E-state index contributed by atoms with van der Waals surface area (Å²) in [6.07, 6.45) is 4.84. The predicted molar refractivity (Wildman–Crippen MR) is 87.5 cm³/mol. The molecule has 0 bridgehead atoms. The van der Waals surface area contributed by atoms with E-state index in [-0.39, 0.29) is 5.54 Å². The van der Waals surface area contributed by atoms with Gasteiger partial charge in [-0.3, -0.25) is 0 Å². The molecule has 2 N–H and O–H groups in total. The summed E-state index contributed by atoms with van der Waals surface area (Å²) in [4.78, 5) is 4.34. The highest BCUT2D eigenvalue weighted by Gasteiger charge is 2.28. The molecule has 0 saturated carbocycles. The van der Waals surface area contributed by atoms with Crippen molar-refractivity contribution in [2.75, 3.05) is 6.54 Å². The van der Waals surface area contributed by atoms with Crippen LogP contribution in [0.4, 0.5) is 0 Å². The minimum Gasteiger partial charge on any atom is -0.328 e. The van der Waals surface area contributed by atoms with Crippen LogP contribution in [0.2, 0.25) is 0 Å². The third-order valence-electron chi connectivity index (χ3n) is 3.63. The van der Waals surface area contributed by atoms with Gasteiger partial charge in [0, 0.05) is 16.6 Å². The number of rotatable bonds is 5. The van der Waals surface area contributed by atoms with Crippen LogP contribution in [-0.2, 0) is 5.54 Å². The van der Waals surface area contributed by atoms with Crippen molar-refractivity contribution in [1.29, 1.82) is 0 Å². The average molecular weight is 336 g/mol. The Labute approximate surface area is 129 Å². The Balaban J connectivity index is 2.46. The first kappa shape index (κ1) is 15.3. The molecule has 0 aliphatic heterocycles. The molecule has 1 unspecified atom stereocenters. The molecule has 0 aliphatic rings. The third-order valence-corrected chi connectivity index (χ3v) is 4.12. The van der Waals surface area contributed by atoms with Gasteiger partial charge in [-0.2, -0.15) is 0 Å². The molecule has 20 heavy (non-hydrogen) atoms. The van der Waals surface area contributed by atoms with Crippen LogP contribution in [0.5, 0.6) is 0 Å². The second-order valence-electron chi connectivity index (χ2n) is 5.96. The normalized spacial score (nSPS) is 14.5. The van der Waals surface area contributed by atoms with Crippen LogP contribution < -0.4 is 5.73 Å². The molecule has 108 valence electrons. The highest BCUT2D eigenvalue weighted by atomic mass is 79.9. The number of halogens is 1. The number of hydrogen-bond donors (Lipinski definition) is 1. The number of hydrogen-bond acceptors (Lipinski definition) is 2. The van der Waals surface area contributed by atoms with Gasteiger partial charge in [0.15, 0.2) is 0 Å². The molecule has 0 spiro atoms. The fraction of sp³-hybridized carbons (Fsp3) is 0.438. The Morgan fingerprint density at radius 2 is 2.15 bits per heavy atom. The van der Waals surface area contributed by atoms with Gasteiger partial charge in [-0.1, -0.05) is 41.9 Å². The van der Waals surface area contributed by atoms with Crippen LogP contribution in [0.3, 0.4) is 0 Å². The first-order valence-corrected chi connectivity index (χ1v) is 7.74. The van der Waals surface area contributed by atoms with Crippen LogP contribution in [0.25, 0.3) is 11.3 Å². The van der Waals surface area contributed by atoms with Gasteiger partial charge >= 0.3 is 0 Å². The molecule has 2 aromatic rings. The lowest BCUT2D eigenvalue weighted by atomic mass is 9.90. The maximum Gasteiger partial charge on any atom is 0.0956 e. The van der Waals surface area contributed by atoms with E-state index in [1.165, 1.54) is 0 Å². The second-order valence-corrected chi connectivity index (χ2v) is 6.87. The summed E-state index contributed by atoms with van der Waals surface area (Å²) in [5, 5.41) is 0. The van der Waals surface area contributed by atoms with E-state index in [0.717, 1.165) is 22.2 Å². The largest absolute Gasteiger partial charge is 0.328 e. The van der Waals surface area contributed by atoms with Crippen molar-refractivity contribution in [2.45, 2.75) is 32.7 Å². The van der Waals surface area contributed by atoms with Crippen molar-refractivity contribution >= 4 is 15.9 Å². The van der Waals surface area contributed by atoms with Gasteiger partial charge in [-0.05, 0) is 31.4 Å². The standard InChI is InChI=1S/C16H22BrN3/c1-12(2)8-16(3,10-18)20-11-19-9-15(20)13-5-4-6-14(17)7-13/h4-7,9,11-12H,8,10,18H2,1-3H3. The summed E-state index contributed by atoms with van der Waals surface area (Å²) in [7, 11) is 0. The number of benzene rings is 1. The maximum absolute atomic E-state index is 6.07. The minimum atomic E-state index is -0.109. The van der Waals surface area contributed by atoms with E-state index in [1.807, 2.05) is 24.7 Å². The average Bonchev–Trinajstić information content (AvgIpc) is 2.87. The monoisotopic (exact) mass is 335 g/mol. The quantitative estimate of drug-likeness (QED) is 0.896. The molecule has 0 fully saturated rings. The van der Waals surface area contributed by atoms with Gasteiger partial charge in [-0.15, -0.1) is 0 Å². The van der Waals surface area contributed by atoms with E-state index in [9.17, 15) is 0 Å². The highest BCUT2D eigenvalue weighted by Crippen LogP contribution is 2.31. The van der Waals surface area contributed by atoms with Crippen LogP contribution in [0, 0.1) is 5.92 Å². The molecule has 4 heteroatoms. The van der Waals surface area contributed by atoms with Crippen LogP contribution in [0.15, 0.2) is 41.3 Å². The molecule has 2 rings (SSSR count). The summed E-state index contributed by atoms with van der Waals surface area (Å²) in [5.41, 5.74) is 8.22. The van der Waals surface area contributed by atoms with Gasteiger partial charge < -0.3 is 10.3 Å². The number of nitrogens with two attached hydrogens (primary N) is 1. The molecule has 3 nitrogen and oxygen atoms in total. The Morgan fingerprint density at radius 3 is 2.75 bits per heavy atom. The lowest BCUT2D eigenvalue weighted by Crippen LogP contribution is -2.39. The Bertz CT molecular complexity index is 577. The molecule has 1 aromatic heterocycles. The van der Waals surface area contributed by atoms with Crippen molar-refractivity contribution in [2.24, 2.45) is 11.7 Å². The summed E-state index contributed by atoms with van der Waals surface area (Å²) >= 11 is 3.53. The molecular formula is C16H22BrN3. The van der Waals surface area contributed by atoms with Crippen LogP contribution in [0.1, 0.15) is 27.2 Å². The number of imidazole rings is 1. The summed E-state index contributed by atoms with van der Waals surface area (Å²) in [6.45, 7) is 7.26. The SMILES string of the molecule is CC(C)CC(C)(CN)n1cncc1-c1cccc(Br)c1. The molecule has 1 heterocycles. The van der Waals surface area contributed by atoms with Crippen molar-refractivity contribution in [3.05, 3.63) is 41.3 Å². The molecule has 1 atom stereocenters. The van der Waals surface area contributed by atoms with Gasteiger partial charge in [0.05, 0.1) is 23.8 Å². The van der Waals surface area contributed by atoms with Crippen molar-refractivity contribution in [3.63, 3.8) is 0 Å². The number of nitrogens with zero attached hydrogens (tertiary/aromatic N) is 2. The van der Waals surface area contributed by atoms with Gasteiger partial charge in [0.1, 0.15) is 0 Å². The lowest BCUT2D eigenvalue weighted by molar-refractivity contribution is 0.267. The van der Waals surface area contributed by atoms with Crippen molar-refractivity contribution in [3.8, 4) is 11.3 Å². The van der Waals surface area contributed by atoms with E-state index >= 15 is 0 Å². The molecular weight excluding hydrogens is 314 g/mol. The molecule has 0 saturated heterocycles. The molecule has 0 radical (unpaired) electrons. The van der Waals surface area contributed by atoms with E-state index in [4.69, 9.17) is 5.73 Å². The zero-order valence-corrected chi connectivity index (χ0v) is 13.9. The highest BCUT2D eigenvalue weighted by molar-refractivity contribution is 9.10. The zero-order chi connectivity index (χ0) is 14.8. The molecule has 1 aromatic carbocycles. The number of aromatic nitrogens is 2. The summed E-state index contributed by atoms with van der Waals surface area (Å²) < 4.78 is 3.29. The predicted octanol–water partition coefficient (Wildman–Crippen LogP) is 4.03. The third kappa shape index (κ3) is 3.13. The van der Waals surface area contributed by atoms with E-state index in [0.29, 0.717) is 12.5 Å². The molecule has 0 aliphatic carbocycles. The fourth-order valence-corrected chi connectivity index (χ4v) is 3.15. The van der Waals surface area contributed by atoms with Crippen molar-refractivity contribution < 1.29 is 0 Å². The van der Waals surface area contributed by atoms with Gasteiger partial charge in [-0.25, -0.2) is 4.98 Å². The van der Waals surface area contributed by atoms with E-state index < -0.39 is 0 Å². The van der Waals surface area contributed by atoms with Gasteiger partial charge in [0.2, 0.25) is 0 Å². The van der Waals surface area contributed by atoms with Gasteiger partial charge in [0.25, 0.3) is 0 Å². The van der Waals surface area contributed by atoms with Crippen molar-refractivity contribution in [1.82, 2.24) is 9.55 Å². The maximum atomic E-state index is 6.07. The molecule has 0 amide bonds. The van der Waals surface area contributed by atoms with E-state index in [2.05, 4.69) is 58.4 Å². The zero-order valence-electron chi connectivity index (χ0n) is 12.3. The summed E-state index contributed by atoms with van der Waals surface area (Å²) in [6, 6.07) is 8.28. The fourth-order valence-electron chi connectivity index (χ4n) is 2.75. The summed E-state index contributed by atoms with van der Waals surface area (Å²) in [5.74, 6) is 0.585. The Kier molecular flexibility index (Phi) is 4.66. The Morgan fingerprint density at radius 1 is 1.40 bits per heavy atom. The smallest absolute Gasteiger partial charge is 0.0956 e. The van der Waals surface area contributed by atoms with Crippen LogP contribution >= 0.6 is 15.9 Å².